The highest BCUT2D eigenvalue weighted by molar-refractivity contribution is 7.89. The molecule has 7 heteroatoms. The molecule has 6 nitrogen and oxygen atoms in total. The first-order valence-corrected chi connectivity index (χ1v) is 10.6. The SMILES string of the molecule is COc1ccc(S(=O)(=O)N2CCc3c(cccc3-c3ccc(C#N)nc3)C2)cc1. The third kappa shape index (κ3) is 3.60. The van der Waals surface area contributed by atoms with Gasteiger partial charge in [-0.05, 0) is 59.5 Å². The van der Waals surface area contributed by atoms with Crippen molar-refractivity contribution in [1.82, 2.24) is 9.29 Å². The van der Waals surface area contributed by atoms with Crippen molar-refractivity contribution in [3.05, 3.63) is 77.6 Å². The van der Waals surface area contributed by atoms with Gasteiger partial charge in [-0.15, -0.1) is 0 Å². The van der Waals surface area contributed by atoms with Gasteiger partial charge in [-0.2, -0.15) is 9.57 Å². The van der Waals surface area contributed by atoms with Gasteiger partial charge in [0.25, 0.3) is 0 Å². The van der Waals surface area contributed by atoms with E-state index >= 15 is 0 Å². The van der Waals surface area contributed by atoms with Gasteiger partial charge < -0.3 is 4.74 Å². The number of rotatable bonds is 4. The number of aromatic nitrogens is 1. The number of nitriles is 1. The number of methoxy groups -OCH3 is 1. The second kappa shape index (κ2) is 7.66. The Balaban J connectivity index is 1.64. The zero-order valence-corrected chi connectivity index (χ0v) is 16.7. The number of hydrogen-bond acceptors (Lipinski definition) is 5. The van der Waals surface area contributed by atoms with Crippen LogP contribution in [0.5, 0.6) is 5.75 Å². The average Bonchev–Trinajstić information content (AvgIpc) is 2.78. The number of pyridine rings is 1. The maximum atomic E-state index is 13.1. The maximum Gasteiger partial charge on any atom is 0.243 e. The molecule has 3 aromatic rings. The monoisotopic (exact) mass is 405 g/mol. The summed E-state index contributed by atoms with van der Waals surface area (Å²) in [4.78, 5) is 4.41. The van der Waals surface area contributed by atoms with E-state index in [1.807, 2.05) is 30.3 Å². The largest absolute Gasteiger partial charge is 0.497 e. The minimum atomic E-state index is -3.59. The Hall–Kier alpha value is -3.21. The highest BCUT2D eigenvalue weighted by atomic mass is 32.2. The lowest BCUT2D eigenvalue weighted by molar-refractivity contribution is 0.391. The quantitative estimate of drug-likeness (QED) is 0.664. The molecule has 0 unspecified atom stereocenters. The molecule has 0 atom stereocenters. The van der Waals surface area contributed by atoms with Crippen molar-refractivity contribution >= 4 is 10.0 Å². The summed E-state index contributed by atoms with van der Waals surface area (Å²) in [7, 11) is -2.04. The molecule has 0 bridgehead atoms. The summed E-state index contributed by atoms with van der Waals surface area (Å²) < 4.78 is 32.8. The van der Waals surface area contributed by atoms with Crippen molar-refractivity contribution in [2.45, 2.75) is 17.9 Å². The molecule has 0 saturated heterocycles. The first-order valence-electron chi connectivity index (χ1n) is 9.14. The number of sulfonamides is 1. The van der Waals surface area contributed by atoms with E-state index in [0.717, 1.165) is 22.3 Å². The van der Waals surface area contributed by atoms with Gasteiger partial charge >= 0.3 is 0 Å². The fraction of sp³-hybridized carbons (Fsp3) is 0.182. The van der Waals surface area contributed by atoms with Crippen LogP contribution in [0.2, 0.25) is 0 Å². The van der Waals surface area contributed by atoms with Crippen molar-refractivity contribution in [3.8, 4) is 22.9 Å². The fourth-order valence-corrected chi connectivity index (χ4v) is 4.99. The molecule has 146 valence electrons. The molecule has 0 fully saturated rings. The van der Waals surface area contributed by atoms with Gasteiger partial charge in [0, 0.05) is 24.8 Å². The van der Waals surface area contributed by atoms with Crippen LogP contribution in [-0.2, 0) is 23.0 Å². The van der Waals surface area contributed by atoms with E-state index in [1.165, 1.54) is 4.31 Å². The smallest absolute Gasteiger partial charge is 0.243 e. The Bertz CT molecular complexity index is 1180. The molecular formula is C22H19N3O3S. The Kier molecular flexibility index (Phi) is 5.05. The van der Waals surface area contributed by atoms with Gasteiger partial charge in [0.05, 0.1) is 12.0 Å². The molecule has 4 rings (SSSR count). The number of hydrogen-bond donors (Lipinski definition) is 0. The van der Waals surface area contributed by atoms with Gasteiger partial charge in [-0.3, -0.25) is 0 Å². The molecule has 0 amide bonds. The van der Waals surface area contributed by atoms with E-state index in [1.54, 1.807) is 43.6 Å². The van der Waals surface area contributed by atoms with Crippen LogP contribution in [0, 0.1) is 11.3 Å². The highest BCUT2D eigenvalue weighted by Gasteiger charge is 2.29. The summed E-state index contributed by atoms with van der Waals surface area (Å²) in [5.74, 6) is 0.619. The standard InChI is InChI=1S/C22H19N3O3S/c1-28-19-7-9-20(10-8-19)29(26,27)25-12-11-22-17(15-25)3-2-4-21(22)16-5-6-18(13-23)24-14-16/h2-10,14H,11-12,15H2,1H3. The van der Waals surface area contributed by atoms with Gasteiger partial charge in [0.15, 0.2) is 0 Å². The molecule has 1 aliphatic heterocycles. The molecule has 2 heterocycles. The molecular weight excluding hydrogens is 386 g/mol. The molecule has 0 N–H and O–H groups in total. The summed E-state index contributed by atoms with van der Waals surface area (Å²) in [5.41, 5.74) is 4.43. The Labute approximate surface area is 170 Å². The summed E-state index contributed by atoms with van der Waals surface area (Å²) >= 11 is 0. The van der Waals surface area contributed by atoms with E-state index in [2.05, 4.69) is 4.98 Å². The minimum absolute atomic E-state index is 0.259. The predicted octanol–water partition coefficient (Wildman–Crippen LogP) is 3.38. The van der Waals surface area contributed by atoms with Crippen LogP contribution in [0.4, 0.5) is 0 Å². The van der Waals surface area contributed by atoms with Crippen molar-refractivity contribution in [2.75, 3.05) is 13.7 Å². The first-order chi connectivity index (χ1) is 14.0. The zero-order valence-electron chi connectivity index (χ0n) is 15.9. The van der Waals surface area contributed by atoms with Crippen LogP contribution in [0.25, 0.3) is 11.1 Å². The summed E-state index contributed by atoms with van der Waals surface area (Å²) in [6.45, 7) is 0.726. The fourth-order valence-electron chi connectivity index (χ4n) is 3.58. The maximum absolute atomic E-state index is 13.1. The summed E-state index contributed by atoms with van der Waals surface area (Å²) in [6, 6.07) is 17.9. The Morgan fingerprint density at radius 3 is 2.55 bits per heavy atom. The lowest BCUT2D eigenvalue weighted by Gasteiger charge is -2.29. The van der Waals surface area contributed by atoms with Crippen LogP contribution < -0.4 is 4.74 Å². The van der Waals surface area contributed by atoms with E-state index in [-0.39, 0.29) is 4.90 Å². The van der Waals surface area contributed by atoms with Gasteiger partial charge in [0.2, 0.25) is 10.0 Å². The Morgan fingerprint density at radius 1 is 1.10 bits per heavy atom. The third-order valence-corrected chi connectivity index (χ3v) is 6.98. The molecule has 0 radical (unpaired) electrons. The van der Waals surface area contributed by atoms with Crippen LogP contribution in [0.1, 0.15) is 16.8 Å². The molecule has 1 aromatic heterocycles. The van der Waals surface area contributed by atoms with Crippen molar-refractivity contribution in [2.24, 2.45) is 0 Å². The topological polar surface area (TPSA) is 83.3 Å². The molecule has 2 aromatic carbocycles. The molecule has 0 spiro atoms. The van der Waals surface area contributed by atoms with E-state index < -0.39 is 10.0 Å². The lowest BCUT2D eigenvalue weighted by Crippen LogP contribution is -2.36. The van der Waals surface area contributed by atoms with E-state index in [9.17, 15) is 8.42 Å². The normalized spacial score (nSPS) is 14.1. The summed E-state index contributed by atoms with van der Waals surface area (Å²) in [5, 5.41) is 8.94. The molecule has 29 heavy (non-hydrogen) atoms. The van der Waals surface area contributed by atoms with Crippen LogP contribution >= 0.6 is 0 Å². The zero-order chi connectivity index (χ0) is 20.4. The molecule has 1 aliphatic rings. The van der Waals surface area contributed by atoms with Crippen molar-refractivity contribution in [1.29, 1.82) is 5.26 Å². The van der Waals surface area contributed by atoms with Crippen LogP contribution in [-0.4, -0.2) is 31.4 Å². The van der Waals surface area contributed by atoms with Crippen molar-refractivity contribution in [3.63, 3.8) is 0 Å². The molecule has 0 saturated carbocycles. The third-order valence-electron chi connectivity index (χ3n) is 5.12. The highest BCUT2D eigenvalue weighted by Crippen LogP contribution is 2.32. The molecule has 0 aliphatic carbocycles. The van der Waals surface area contributed by atoms with E-state index in [4.69, 9.17) is 10.00 Å². The van der Waals surface area contributed by atoms with E-state index in [0.29, 0.717) is 31.0 Å². The van der Waals surface area contributed by atoms with Gasteiger partial charge in [-0.25, -0.2) is 13.4 Å². The predicted molar refractivity (Wildman–Crippen MR) is 109 cm³/mol. The number of benzene rings is 2. The summed E-state index contributed by atoms with van der Waals surface area (Å²) in [6.07, 6.45) is 2.30. The first kappa shape index (κ1) is 19.1. The Morgan fingerprint density at radius 2 is 1.90 bits per heavy atom. The minimum Gasteiger partial charge on any atom is -0.497 e. The second-order valence-electron chi connectivity index (χ2n) is 6.75. The number of nitrogens with zero attached hydrogens (tertiary/aromatic N) is 3. The number of fused-ring (bicyclic) bond motifs is 1. The number of ether oxygens (including phenoxy) is 1. The lowest BCUT2D eigenvalue weighted by atomic mass is 9.92. The van der Waals surface area contributed by atoms with Gasteiger partial charge in [0.1, 0.15) is 17.5 Å². The van der Waals surface area contributed by atoms with Crippen LogP contribution in [0.3, 0.4) is 0 Å². The van der Waals surface area contributed by atoms with Crippen molar-refractivity contribution < 1.29 is 13.2 Å². The van der Waals surface area contributed by atoms with Gasteiger partial charge in [-0.1, -0.05) is 18.2 Å². The second-order valence-corrected chi connectivity index (χ2v) is 8.69. The average molecular weight is 405 g/mol. The van der Waals surface area contributed by atoms with Crippen LogP contribution in [0.15, 0.2) is 65.7 Å².